The SMILES string of the molecule is CCNC(=NCC(C)c1ccc(C)cc1)NCCOCCOC. The second-order valence-corrected chi connectivity index (χ2v) is 5.56. The van der Waals surface area contributed by atoms with Crippen molar-refractivity contribution in [3.05, 3.63) is 35.4 Å². The zero-order valence-electron chi connectivity index (χ0n) is 14.9. The van der Waals surface area contributed by atoms with Crippen LogP contribution in [0.5, 0.6) is 0 Å². The molecule has 0 aliphatic rings. The van der Waals surface area contributed by atoms with Gasteiger partial charge in [-0.2, -0.15) is 0 Å². The van der Waals surface area contributed by atoms with Crippen LogP contribution < -0.4 is 10.6 Å². The average molecular weight is 321 g/mol. The minimum absolute atomic E-state index is 0.393. The van der Waals surface area contributed by atoms with E-state index in [0.29, 0.717) is 25.7 Å². The van der Waals surface area contributed by atoms with Crippen molar-refractivity contribution in [1.29, 1.82) is 0 Å². The normalized spacial score (nSPS) is 13.0. The molecule has 5 heteroatoms. The molecule has 130 valence electrons. The van der Waals surface area contributed by atoms with Gasteiger partial charge in [0, 0.05) is 32.7 Å². The van der Waals surface area contributed by atoms with Crippen molar-refractivity contribution in [2.45, 2.75) is 26.7 Å². The van der Waals surface area contributed by atoms with Crippen LogP contribution in [0.25, 0.3) is 0 Å². The molecule has 0 saturated heterocycles. The van der Waals surface area contributed by atoms with E-state index in [-0.39, 0.29) is 0 Å². The zero-order valence-corrected chi connectivity index (χ0v) is 14.9. The molecule has 0 saturated carbocycles. The Hall–Kier alpha value is -1.59. The van der Waals surface area contributed by atoms with Gasteiger partial charge in [0.15, 0.2) is 5.96 Å². The first kappa shape index (κ1) is 19.5. The minimum atomic E-state index is 0.393. The van der Waals surface area contributed by atoms with E-state index in [0.717, 1.165) is 25.6 Å². The highest BCUT2D eigenvalue weighted by atomic mass is 16.5. The number of ether oxygens (including phenoxy) is 2. The molecular formula is C18H31N3O2. The van der Waals surface area contributed by atoms with E-state index < -0.39 is 0 Å². The summed E-state index contributed by atoms with van der Waals surface area (Å²) in [5.74, 6) is 1.23. The maximum Gasteiger partial charge on any atom is 0.191 e. The van der Waals surface area contributed by atoms with Crippen molar-refractivity contribution < 1.29 is 9.47 Å². The Bertz CT molecular complexity index is 446. The summed E-state index contributed by atoms with van der Waals surface area (Å²) in [5, 5.41) is 6.55. The Morgan fingerprint density at radius 1 is 1.13 bits per heavy atom. The number of nitrogens with one attached hydrogen (secondary N) is 2. The number of benzene rings is 1. The molecule has 0 spiro atoms. The maximum absolute atomic E-state index is 5.44. The number of aryl methyl sites for hydroxylation is 1. The zero-order chi connectivity index (χ0) is 16.9. The molecule has 0 aliphatic carbocycles. The summed E-state index contributed by atoms with van der Waals surface area (Å²) >= 11 is 0. The highest BCUT2D eigenvalue weighted by Gasteiger charge is 2.05. The summed E-state index contributed by atoms with van der Waals surface area (Å²) in [4.78, 5) is 4.66. The van der Waals surface area contributed by atoms with Crippen LogP contribution in [0.4, 0.5) is 0 Å². The van der Waals surface area contributed by atoms with Crippen molar-refractivity contribution >= 4 is 5.96 Å². The Labute approximate surface area is 140 Å². The summed E-state index contributed by atoms with van der Waals surface area (Å²) in [7, 11) is 1.67. The monoisotopic (exact) mass is 321 g/mol. The fourth-order valence-corrected chi connectivity index (χ4v) is 2.06. The molecule has 1 unspecified atom stereocenters. The molecule has 1 atom stereocenters. The van der Waals surface area contributed by atoms with Crippen molar-refractivity contribution in [2.24, 2.45) is 4.99 Å². The van der Waals surface area contributed by atoms with Crippen LogP contribution in [0, 0.1) is 6.92 Å². The number of hydrogen-bond donors (Lipinski definition) is 2. The van der Waals surface area contributed by atoms with E-state index in [1.165, 1.54) is 11.1 Å². The van der Waals surface area contributed by atoms with Gasteiger partial charge in [-0.05, 0) is 19.4 Å². The van der Waals surface area contributed by atoms with Crippen LogP contribution >= 0.6 is 0 Å². The Balaban J connectivity index is 2.39. The first-order chi connectivity index (χ1) is 11.2. The van der Waals surface area contributed by atoms with E-state index in [1.807, 2.05) is 0 Å². The quantitative estimate of drug-likeness (QED) is 0.394. The number of rotatable bonds is 10. The Morgan fingerprint density at radius 2 is 1.87 bits per heavy atom. The molecule has 0 fully saturated rings. The Kier molecular flexibility index (Phi) is 10.1. The van der Waals surface area contributed by atoms with Crippen LogP contribution in [0.2, 0.25) is 0 Å². The van der Waals surface area contributed by atoms with Crippen LogP contribution in [0.1, 0.15) is 30.9 Å². The molecule has 1 rings (SSSR count). The number of hydrogen-bond acceptors (Lipinski definition) is 3. The van der Waals surface area contributed by atoms with Crippen molar-refractivity contribution in [3.8, 4) is 0 Å². The summed E-state index contributed by atoms with van der Waals surface area (Å²) in [6.07, 6.45) is 0. The maximum atomic E-state index is 5.44. The average Bonchev–Trinajstić information content (AvgIpc) is 2.56. The molecule has 0 amide bonds. The largest absolute Gasteiger partial charge is 0.382 e. The van der Waals surface area contributed by atoms with E-state index in [4.69, 9.17) is 9.47 Å². The third-order valence-electron chi connectivity index (χ3n) is 3.48. The molecule has 1 aromatic rings. The lowest BCUT2D eigenvalue weighted by molar-refractivity contribution is 0.0733. The van der Waals surface area contributed by atoms with Gasteiger partial charge < -0.3 is 20.1 Å². The molecule has 5 nitrogen and oxygen atoms in total. The van der Waals surface area contributed by atoms with Gasteiger partial charge in [-0.3, -0.25) is 4.99 Å². The van der Waals surface area contributed by atoms with Gasteiger partial charge in [0.25, 0.3) is 0 Å². The van der Waals surface area contributed by atoms with Gasteiger partial charge >= 0.3 is 0 Å². The summed E-state index contributed by atoms with van der Waals surface area (Å²) < 4.78 is 10.4. The summed E-state index contributed by atoms with van der Waals surface area (Å²) in [6, 6.07) is 8.66. The highest BCUT2D eigenvalue weighted by Crippen LogP contribution is 2.15. The fourth-order valence-electron chi connectivity index (χ4n) is 2.06. The number of aliphatic imine (C=N–C) groups is 1. The summed E-state index contributed by atoms with van der Waals surface area (Å²) in [5.41, 5.74) is 2.60. The molecule has 0 aromatic heterocycles. The third-order valence-corrected chi connectivity index (χ3v) is 3.48. The predicted octanol–water partition coefficient (Wildman–Crippen LogP) is 2.32. The first-order valence-corrected chi connectivity index (χ1v) is 8.32. The second kappa shape index (κ2) is 11.9. The Morgan fingerprint density at radius 3 is 2.52 bits per heavy atom. The van der Waals surface area contributed by atoms with Crippen molar-refractivity contribution in [3.63, 3.8) is 0 Å². The first-order valence-electron chi connectivity index (χ1n) is 8.32. The second-order valence-electron chi connectivity index (χ2n) is 5.56. The van der Waals surface area contributed by atoms with Crippen molar-refractivity contribution in [1.82, 2.24) is 10.6 Å². The number of nitrogens with zero attached hydrogens (tertiary/aromatic N) is 1. The molecule has 0 bridgehead atoms. The standard InChI is InChI=1S/C18H31N3O2/c1-5-19-18(20-10-11-23-13-12-22-4)21-14-16(3)17-8-6-15(2)7-9-17/h6-9,16H,5,10-14H2,1-4H3,(H2,19,20,21). The highest BCUT2D eigenvalue weighted by molar-refractivity contribution is 5.79. The molecule has 1 aromatic carbocycles. The fraction of sp³-hybridized carbons (Fsp3) is 0.611. The summed E-state index contributed by atoms with van der Waals surface area (Å²) in [6.45, 7) is 10.6. The van der Waals surface area contributed by atoms with Crippen LogP contribution in [-0.2, 0) is 9.47 Å². The van der Waals surface area contributed by atoms with Crippen LogP contribution in [-0.4, -0.2) is 52.5 Å². The number of guanidine groups is 1. The molecule has 0 aliphatic heterocycles. The lowest BCUT2D eigenvalue weighted by atomic mass is 10.0. The predicted molar refractivity (Wildman–Crippen MR) is 96.3 cm³/mol. The number of methoxy groups -OCH3 is 1. The minimum Gasteiger partial charge on any atom is -0.382 e. The smallest absolute Gasteiger partial charge is 0.191 e. The molecule has 0 heterocycles. The van der Waals surface area contributed by atoms with Gasteiger partial charge in [0.2, 0.25) is 0 Å². The van der Waals surface area contributed by atoms with Gasteiger partial charge in [-0.15, -0.1) is 0 Å². The lowest BCUT2D eigenvalue weighted by Gasteiger charge is -2.14. The van der Waals surface area contributed by atoms with Crippen LogP contribution in [0.3, 0.4) is 0 Å². The third kappa shape index (κ3) is 8.57. The molecule has 0 radical (unpaired) electrons. The van der Waals surface area contributed by atoms with Gasteiger partial charge in [0.05, 0.1) is 19.8 Å². The van der Waals surface area contributed by atoms with E-state index in [9.17, 15) is 0 Å². The van der Waals surface area contributed by atoms with E-state index in [1.54, 1.807) is 7.11 Å². The topological polar surface area (TPSA) is 54.9 Å². The van der Waals surface area contributed by atoms with Gasteiger partial charge in [0.1, 0.15) is 0 Å². The lowest BCUT2D eigenvalue weighted by Crippen LogP contribution is -2.39. The van der Waals surface area contributed by atoms with Crippen LogP contribution in [0.15, 0.2) is 29.3 Å². The van der Waals surface area contributed by atoms with E-state index >= 15 is 0 Å². The van der Waals surface area contributed by atoms with E-state index in [2.05, 4.69) is 60.7 Å². The van der Waals surface area contributed by atoms with Crippen molar-refractivity contribution in [2.75, 3.05) is 46.6 Å². The molecule has 23 heavy (non-hydrogen) atoms. The van der Waals surface area contributed by atoms with Gasteiger partial charge in [-0.25, -0.2) is 0 Å². The molecular weight excluding hydrogens is 290 g/mol. The molecule has 2 N–H and O–H groups in total. The van der Waals surface area contributed by atoms with Gasteiger partial charge in [-0.1, -0.05) is 36.8 Å².